The first-order chi connectivity index (χ1) is 6.33. The monoisotopic (exact) mass is 262 g/mol. The Balaban J connectivity index is 2.26. The fraction of sp³-hybridized carbons (Fsp3) is 0.625. The van der Waals surface area contributed by atoms with Crippen LogP contribution in [-0.4, -0.2) is 28.5 Å². The molecule has 1 saturated heterocycles. The van der Waals surface area contributed by atoms with E-state index in [9.17, 15) is 4.79 Å². The lowest BCUT2D eigenvalue weighted by molar-refractivity contribution is -0.104. The summed E-state index contributed by atoms with van der Waals surface area (Å²) in [4.78, 5) is 10.8. The molecule has 13 heavy (non-hydrogen) atoms. The molecule has 0 spiro atoms. The number of carbonyl (C=O) groups excluding carboxylic acids is 1. The Bertz CT molecular complexity index is 257. The lowest BCUT2D eigenvalue weighted by Crippen LogP contribution is -2.34. The van der Waals surface area contributed by atoms with Crippen LogP contribution in [0.3, 0.4) is 0 Å². The van der Waals surface area contributed by atoms with Gasteiger partial charge in [0, 0.05) is 6.54 Å². The molecule has 1 atom stereocenters. The van der Waals surface area contributed by atoms with E-state index in [4.69, 9.17) is 0 Å². The Hall–Kier alpha value is -0.000000000000000111. The molecule has 2 heterocycles. The second-order valence-corrected chi connectivity index (χ2v) is 5.08. The Morgan fingerprint density at radius 2 is 2.46 bits per heavy atom. The quantitative estimate of drug-likeness (QED) is 0.441. The van der Waals surface area contributed by atoms with Crippen molar-refractivity contribution in [1.82, 2.24) is 10.4 Å². The van der Waals surface area contributed by atoms with Crippen molar-refractivity contribution in [2.75, 3.05) is 12.3 Å². The molecular weight excluding hydrogens is 252 g/mol. The van der Waals surface area contributed by atoms with E-state index in [1.165, 1.54) is 12.8 Å². The molecule has 2 aliphatic heterocycles. The minimum absolute atomic E-state index is 0.00519. The number of rotatable bonds is 1. The minimum Gasteiger partial charge on any atom is -0.300 e. The number of hydrogen-bond donors (Lipinski definition) is 1. The first-order valence-corrected chi connectivity index (χ1v) is 6.23. The Morgan fingerprint density at radius 1 is 1.62 bits per heavy atom. The molecule has 1 unspecified atom stereocenters. The highest BCUT2D eigenvalue weighted by atomic mass is 79.9. The number of hydrazine groups is 1. The van der Waals surface area contributed by atoms with Gasteiger partial charge in [0.05, 0.1) is 10.6 Å². The van der Waals surface area contributed by atoms with Crippen molar-refractivity contribution < 1.29 is 4.79 Å². The molecule has 0 aromatic heterocycles. The molecule has 2 aliphatic rings. The third kappa shape index (κ3) is 1.78. The van der Waals surface area contributed by atoms with E-state index in [-0.39, 0.29) is 4.95 Å². The summed E-state index contributed by atoms with van der Waals surface area (Å²) in [6.45, 7) is 1.00. The van der Waals surface area contributed by atoms with Gasteiger partial charge in [-0.25, -0.2) is 5.43 Å². The SMILES string of the molecule is O=CC1=C2SCCCCN2NC1Br. The van der Waals surface area contributed by atoms with E-state index >= 15 is 0 Å². The first-order valence-electron chi connectivity index (χ1n) is 4.33. The number of aldehydes is 1. The Morgan fingerprint density at radius 3 is 3.23 bits per heavy atom. The predicted molar refractivity (Wildman–Crippen MR) is 57.3 cm³/mol. The second-order valence-electron chi connectivity index (χ2n) is 3.08. The van der Waals surface area contributed by atoms with E-state index in [1.54, 1.807) is 11.8 Å². The largest absolute Gasteiger partial charge is 0.300 e. The van der Waals surface area contributed by atoms with Gasteiger partial charge in [0.25, 0.3) is 0 Å². The molecule has 1 N–H and O–H groups in total. The van der Waals surface area contributed by atoms with Gasteiger partial charge in [0.2, 0.25) is 0 Å². The number of carbonyl (C=O) groups is 1. The molecule has 1 fully saturated rings. The topological polar surface area (TPSA) is 32.3 Å². The summed E-state index contributed by atoms with van der Waals surface area (Å²) >= 11 is 5.20. The van der Waals surface area contributed by atoms with Crippen LogP contribution >= 0.6 is 27.7 Å². The van der Waals surface area contributed by atoms with Gasteiger partial charge in [-0.05, 0) is 18.6 Å². The van der Waals surface area contributed by atoms with Crippen LogP contribution in [0, 0.1) is 0 Å². The highest BCUT2D eigenvalue weighted by Gasteiger charge is 2.30. The third-order valence-electron chi connectivity index (χ3n) is 2.18. The van der Waals surface area contributed by atoms with E-state index in [0.29, 0.717) is 0 Å². The number of nitrogens with zero attached hydrogens (tertiary/aromatic N) is 1. The Labute approximate surface area is 90.0 Å². The summed E-state index contributed by atoms with van der Waals surface area (Å²) in [5.74, 6) is 1.12. The number of thioether (sulfide) groups is 1. The zero-order valence-electron chi connectivity index (χ0n) is 7.12. The zero-order valence-corrected chi connectivity index (χ0v) is 9.53. The lowest BCUT2D eigenvalue weighted by atomic mass is 10.3. The average molecular weight is 263 g/mol. The van der Waals surface area contributed by atoms with Gasteiger partial charge in [0.15, 0.2) is 6.29 Å². The van der Waals surface area contributed by atoms with Crippen LogP contribution in [0.1, 0.15) is 12.8 Å². The normalized spacial score (nSPS) is 28.7. The second kappa shape index (κ2) is 4.02. The maximum atomic E-state index is 10.8. The van der Waals surface area contributed by atoms with Crippen molar-refractivity contribution in [1.29, 1.82) is 0 Å². The molecule has 3 nitrogen and oxygen atoms in total. The van der Waals surface area contributed by atoms with Crippen LogP contribution in [0.15, 0.2) is 10.6 Å². The van der Waals surface area contributed by atoms with Gasteiger partial charge in [-0.15, -0.1) is 11.8 Å². The maximum Gasteiger partial charge on any atom is 0.151 e. The highest BCUT2D eigenvalue weighted by molar-refractivity contribution is 9.09. The zero-order chi connectivity index (χ0) is 9.26. The van der Waals surface area contributed by atoms with Crippen molar-refractivity contribution in [3.05, 3.63) is 10.6 Å². The maximum absolute atomic E-state index is 10.8. The summed E-state index contributed by atoms with van der Waals surface area (Å²) in [5, 5.41) is 3.19. The van der Waals surface area contributed by atoms with Crippen molar-refractivity contribution in [2.45, 2.75) is 17.8 Å². The molecule has 72 valence electrons. The predicted octanol–water partition coefficient (Wildman–Crippen LogP) is 1.47. The lowest BCUT2D eigenvalue weighted by Gasteiger charge is -2.18. The van der Waals surface area contributed by atoms with Crippen molar-refractivity contribution in [3.63, 3.8) is 0 Å². The van der Waals surface area contributed by atoms with E-state index < -0.39 is 0 Å². The van der Waals surface area contributed by atoms with Gasteiger partial charge in [-0.1, -0.05) is 15.9 Å². The Kier molecular flexibility index (Phi) is 2.96. The number of fused-ring (bicyclic) bond motifs is 1. The van der Waals surface area contributed by atoms with E-state index in [1.807, 2.05) is 0 Å². The van der Waals surface area contributed by atoms with Crippen molar-refractivity contribution in [3.8, 4) is 0 Å². The fourth-order valence-electron chi connectivity index (χ4n) is 1.51. The molecule has 0 aliphatic carbocycles. The molecule has 0 aromatic carbocycles. The molecule has 2 rings (SSSR count). The molecule has 0 radical (unpaired) electrons. The molecule has 0 aromatic rings. The van der Waals surface area contributed by atoms with Crippen LogP contribution in [0.5, 0.6) is 0 Å². The number of nitrogens with one attached hydrogen (secondary N) is 1. The van der Waals surface area contributed by atoms with Gasteiger partial charge < -0.3 is 5.01 Å². The third-order valence-corrected chi connectivity index (χ3v) is 4.10. The van der Waals surface area contributed by atoms with Crippen molar-refractivity contribution in [2.24, 2.45) is 0 Å². The van der Waals surface area contributed by atoms with Crippen LogP contribution in [0.2, 0.25) is 0 Å². The summed E-state index contributed by atoms with van der Waals surface area (Å²) in [6, 6.07) is 0. The summed E-state index contributed by atoms with van der Waals surface area (Å²) in [7, 11) is 0. The first kappa shape index (κ1) is 9.55. The standard InChI is InChI=1S/C8H11BrN2OS/c9-7-6(5-12)8-11(10-7)3-1-2-4-13-8/h5,7,10H,1-4H2. The van der Waals surface area contributed by atoms with Gasteiger partial charge >= 0.3 is 0 Å². The molecule has 5 heteroatoms. The van der Waals surface area contributed by atoms with Crippen LogP contribution in [0.25, 0.3) is 0 Å². The number of halogens is 1. The summed E-state index contributed by atoms with van der Waals surface area (Å²) < 4.78 is 0. The average Bonchev–Trinajstić information content (AvgIpc) is 2.32. The minimum atomic E-state index is 0.00519. The van der Waals surface area contributed by atoms with Crippen LogP contribution in [0.4, 0.5) is 0 Å². The van der Waals surface area contributed by atoms with E-state index in [2.05, 4.69) is 26.4 Å². The summed E-state index contributed by atoms with van der Waals surface area (Å²) in [5.41, 5.74) is 4.06. The molecule has 0 amide bonds. The van der Waals surface area contributed by atoms with Crippen LogP contribution < -0.4 is 5.43 Å². The van der Waals surface area contributed by atoms with Gasteiger partial charge in [-0.3, -0.25) is 4.79 Å². The highest BCUT2D eigenvalue weighted by Crippen LogP contribution is 2.34. The molecular formula is C8H11BrN2OS. The van der Waals surface area contributed by atoms with Gasteiger partial charge in [0.1, 0.15) is 4.95 Å². The molecule has 0 bridgehead atoms. The number of alkyl halides is 1. The molecule has 0 saturated carbocycles. The number of hydrogen-bond acceptors (Lipinski definition) is 4. The summed E-state index contributed by atoms with van der Waals surface area (Å²) in [6.07, 6.45) is 3.36. The van der Waals surface area contributed by atoms with Crippen LogP contribution in [-0.2, 0) is 4.79 Å². The smallest absolute Gasteiger partial charge is 0.151 e. The fourth-order valence-corrected chi connectivity index (χ4v) is 3.41. The van der Waals surface area contributed by atoms with Crippen molar-refractivity contribution >= 4 is 34.0 Å². The van der Waals surface area contributed by atoms with Gasteiger partial charge in [-0.2, -0.15) is 0 Å². The van der Waals surface area contributed by atoms with E-state index in [0.717, 1.165) is 29.2 Å².